The van der Waals surface area contributed by atoms with Crippen LogP contribution in [0, 0.1) is 0 Å². The molecule has 0 saturated heterocycles. The highest BCUT2D eigenvalue weighted by Gasteiger charge is 2.39. The summed E-state index contributed by atoms with van der Waals surface area (Å²) >= 11 is 0. The molecule has 4 nitrogen and oxygen atoms in total. The maximum absolute atomic E-state index is 6.76. The van der Waals surface area contributed by atoms with Crippen LogP contribution in [-0.4, -0.2) is 109 Å². The van der Waals surface area contributed by atoms with Gasteiger partial charge in [0.15, 0.2) is 17.5 Å². The Balaban J connectivity index is 1.19. The van der Waals surface area contributed by atoms with Crippen LogP contribution in [0.4, 0.5) is 0 Å². The van der Waals surface area contributed by atoms with Crippen molar-refractivity contribution in [1.82, 2.24) is 15.0 Å². The molecule has 5 aromatic carbocycles. The van der Waals surface area contributed by atoms with E-state index < -0.39 is 5.31 Å². The first-order valence-corrected chi connectivity index (χ1v) is 18.0. The highest BCUT2D eigenvalue weighted by molar-refractivity contribution is 6.68. The van der Waals surface area contributed by atoms with Crippen LogP contribution in [0.15, 0.2) is 87.7 Å². The molecule has 2 heterocycles. The van der Waals surface area contributed by atoms with Gasteiger partial charge >= 0.3 is 0 Å². The van der Waals surface area contributed by atoms with Crippen molar-refractivity contribution in [3.8, 4) is 45.0 Å². The summed E-state index contributed by atoms with van der Waals surface area (Å²) in [6, 6.07) is 20.5. The van der Waals surface area contributed by atoms with E-state index in [1.54, 1.807) is 18.2 Å². The molecule has 0 aliphatic heterocycles. The molecule has 1 unspecified atom stereocenters. The number of hydrogen-bond acceptors (Lipinski definition) is 4. The lowest BCUT2D eigenvalue weighted by atomic mass is 9.51. The van der Waals surface area contributed by atoms with E-state index in [1.807, 2.05) is 48.5 Å². The molecule has 24 radical (unpaired) electrons. The molecule has 238 valence electrons. The molecular weight excluding hydrogens is 680 g/mol. The molecule has 1 saturated carbocycles. The molecule has 0 N–H and O–H groups in total. The quantitative estimate of drug-likeness (QED) is 0.204. The largest absolute Gasteiger partial charge is 0.457 e. The topological polar surface area (TPSA) is 51.8 Å². The summed E-state index contributed by atoms with van der Waals surface area (Å²) in [7, 11) is 76.7. The van der Waals surface area contributed by atoms with E-state index in [0.29, 0.717) is 108 Å². The van der Waals surface area contributed by atoms with E-state index in [2.05, 4.69) is 0 Å². The number of hydrogen-bond donors (Lipinski definition) is 0. The predicted molar refractivity (Wildman–Crippen MR) is 245 cm³/mol. The Kier molecular flexibility index (Phi) is 9.03. The molecule has 0 amide bonds. The summed E-state index contributed by atoms with van der Waals surface area (Å²) in [6.45, 7) is 0. The average Bonchev–Trinajstić information content (AvgIpc) is 3.76. The number of allylic oxidation sites excluding steroid dienone is 4. The molecule has 2 aliphatic rings. The standard InChI is InChI=1S/C41H17B12N3O/c42-20-11-21-27-28(22(43)13-24(45)36(27)57-35(21)23(44)12-20)40-55-38(54-39(56-40)26-19-9-10-41(53,14-19)37(52)31(26)48)18-7-3-16(4-8-18)15-1-5-17(6-2-15)25-29(46)32(49)34(51)33(50)30(25)47/h1-8,11-13H,9-10,14H2. The summed E-state index contributed by atoms with van der Waals surface area (Å²) in [6.07, 6.45) is 1.88. The highest BCUT2D eigenvalue weighted by atomic mass is 16.3. The smallest absolute Gasteiger partial charge is 0.164 e. The Morgan fingerprint density at radius 1 is 0.526 bits per heavy atom. The van der Waals surface area contributed by atoms with Gasteiger partial charge in [0.1, 0.15) is 97.5 Å². The van der Waals surface area contributed by atoms with Gasteiger partial charge in [-0.15, -0.1) is 21.9 Å². The van der Waals surface area contributed by atoms with E-state index in [-0.39, 0.29) is 33.1 Å². The second kappa shape index (κ2) is 13.6. The maximum Gasteiger partial charge on any atom is 0.164 e. The van der Waals surface area contributed by atoms with Crippen LogP contribution in [0.25, 0.3) is 72.5 Å². The molecule has 2 aliphatic carbocycles. The van der Waals surface area contributed by atoms with E-state index in [9.17, 15) is 0 Å². The molecular formula is C41H17B12N3O. The Morgan fingerprint density at radius 2 is 1.07 bits per heavy atom. The molecule has 0 spiro atoms. The van der Waals surface area contributed by atoms with Gasteiger partial charge in [-0.2, -0.15) is 0 Å². The summed E-state index contributed by atoms with van der Waals surface area (Å²) in [5, 5.41) is 0.451. The van der Waals surface area contributed by atoms with Crippen LogP contribution in [0.2, 0.25) is 5.31 Å². The van der Waals surface area contributed by atoms with E-state index in [1.165, 1.54) is 0 Å². The summed E-state index contributed by atoms with van der Waals surface area (Å²) in [5.74, 6) is 0.942. The zero-order valence-corrected chi connectivity index (χ0v) is 30.7. The summed E-state index contributed by atoms with van der Waals surface area (Å²) in [4.78, 5) is 15.0. The molecule has 9 rings (SSSR count). The third-order valence-corrected chi connectivity index (χ3v) is 11.2. The Bertz CT molecular complexity index is 2930. The van der Waals surface area contributed by atoms with Crippen LogP contribution in [-0.2, 0) is 0 Å². The summed E-state index contributed by atoms with van der Waals surface area (Å²) in [5.41, 5.74) is 9.93. The van der Waals surface area contributed by atoms with Crippen molar-refractivity contribution in [2.45, 2.75) is 24.6 Å². The maximum atomic E-state index is 6.76. The Morgan fingerprint density at radius 3 is 1.72 bits per heavy atom. The molecule has 2 bridgehead atoms. The first-order valence-electron chi connectivity index (χ1n) is 18.0. The number of furan rings is 1. The van der Waals surface area contributed by atoms with Gasteiger partial charge in [-0.3, -0.25) is 0 Å². The highest BCUT2D eigenvalue weighted by Crippen LogP contribution is 2.57. The fourth-order valence-electron chi connectivity index (χ4n) is 8.17. The van der Waals surface area contributed by atoms with Crippen molar-refractivity contribution >= 4 is 171 Å². The van der Waals surface area contributed by atoms with Crippen LogP contribution >= 0.6 is 0 Å². The monoisotopic (exact) mass is 699 g/mol. The minimum Gasteiger partial charge on any atom is -0.457 e. The predicted octanol–water partition coefficient (Wildman–Crippen LogP) is -1.59. The lowest BCUT2D eigenvalue weighted by Crippen LogP contribution is -2.55. The van der Waals surface area contributed by atoms with Gasteiger partial charge in [0, 0.05) is 27.5 Å². The lowest BCUT2D eigenvalue weighted by Gasteiger charge is -2.33. The fourth-order valence-corrected chi connectivity index (χ4v) is 8.17. The second-order valence-electron chi connectivity index (χ2n) is 14.8. The normalized spacial score (nSPS) is 16.6. The molecule has 1 atom stereocenters. The number of nitrogens with zero attached hydrogens (tertiary/aromatic N) is 3. The minimum absolute atomic E-state index is 0.162. The number of aromatic nitrogens is 3. The van der Waals surface area contributed by atoms with Crippen molar-refractivity contribution in [1.29, 1.82) is 0 Å². The number of benzene rings is 5. The van der Waals surface area contributed by atoms with Crippen molar-refractivity contribution in [2.75, 3.05) is 0 Å². The Hall–Kier alpha value is -4.83. The minimum atomic E-state index is -0.714. The number of fused-ring (bicyclic) bond motifs is 5. The fraction of sp³-hybridized carbons (Fsp3) is 0.0976. The zero-order chi connectivity index (χ0) is 40.2. The van der Waals surface area contributed by atoms with Crippen LogP contribution in [0.3, 0.4) is 0 Å². The lowest BCUT2D eigenvalue weighted by molar-refractivity contribution is 0.674. The van der Waals surface area contributed by atoms with Crippen LogP contribution in [0.1, 0.15) is 25.1 Å². The Labute approximate surface area is 347 Å². The molecule has 16 heteroatoms. The van der Waals surface area contributed by atoms with E-state index in [4.69, 9.17) is 114 Å². The van der Waals surface area contributed by atoms with Crippen molar-refractivity contribution in [3.05, 3.63) is 89.1 Å². The molecule has 2 aromatic heterocycles. The third-order valence-electron chi connectivity index (χ3n) is 11.2. The molecule has 7 aromatic rings. The van der Waals surface area contributed by atoms with E-state index >= 15 is 0 Å². The molecule has 57 heavy (non-hydrogen) atoms. The second-order valence-corrected chi connectivity index (χ2v) is 14.8. The molecule has 1 fully saturated rings. The SMILES string of the molecule is [B]C1=C([B])C2([B])CCC(=C1c1nc(-c3ccc(-c4ccc(-c5c([B])c([B])c([B])c([B])c5[B])cc4)cc3)nc(-c3c([B])cc([B])c4oc5c([B])cc([B])cc5c34)n1)C2. The van der Waals surface area contributed by atoms with Gasteiger partial charge in [-0.1, -0.05) is 116 Å². The van der Waals surface area contributed by atoms with Gasteiger partial charge in [-0.25, -0.2) is 15.0 Å². The summed E-state index contributed by atoms with van der Waals surface area (Å²) < 4.78 is 6.22. The third kappa shape index (κ3) is 5.95. The van der Waals surface area contributed by atoms with Crippen molar-refractivity contribution < 1.29 is 4.42 Å². The first-order chi connectivity index (χ1) is 27.1. The van der Waals surface area contributed by atoms with Crippen LogP contribution in [0.5, 0.6) is 0 Å². The average molecular weight is 697 g/mol. The van der Waals surface area contributed by atoms with Crippen molar-refractivity contribution in [2.24, 2.45) is 0 Å². The van der Waals surface area contributed by atoms with Crippen molar-refractivity contribution in [3.63, 3.8) is 0 Å². The van der Waals surface area contributed by atoms with Gasteiger partial charge in [-0.05, 0) is 41.5 Å². The van der Waals surface area contributed by atoms with Gasteiger partial charge in [0.05, 0.1) is 7.85 Å². The first kappa shape index (κ1) is 37.7. The van der Waals surface area contributed by atoms with Gasteiger partial charge in [0.25, 0.3) is 0 Å². The number of rotatable bonds is 5. The zero-order valence-electron chi connectivity index (χ0n) is 30.7. The van der Waals surface area contributed by atoms with Crippen LogP contribution < -0.4 is 49.2 Å². The van der Waals surface area contributed by atoms with Gasteiger partial charge in [0.2, 0.25) is 0 Å². The van der Waals surface area contributed by atoms with E-state index in [0.717, 1.165) is 22.3 Å². The van der Waals surface area contributed by atoms with Gasteiger partial charge < -0.3 is 4.42 Å².